The molecule has 0 unspecified atom stereocenters. The van der Waals surface area contributed by atoms with Crippen LogP contribution in [-0.4, -0.2) is 24.3 Å². The number of hydrogen-bond donors (Lipinski definition) is 2. The molecule has 1 aliphatic rings. The summed E-state index contributed by atoms with van der Waals surface area (Å²) >= 11 is 0.493. The number of carbonyl (C=O) groups excluding carboxylic acids is 1. The number of hydrogen-bond acceptors (Lipinski definition) is 3. The van der Waals surface area contributed by atoms with E-state index in [4.69, 9.17) is 0 Å². The standard InChI is InChI=1S/C12H14F2N2OS.ClH/c13-12(14)18-9-5-3-8(4-6-9)16-11(17)10-2-1-7-15-10;/h3-6,10,12,15H,1-2,7H2,(H,16,17);1H/t10-;/m0./s1. The second-order valence-corrected chi connectivity index (χ2v) is 5.10. The van der Waals surface area contributed by atoms with Crippen molar-refractivity contribution in [3.05, 3.63) is 24.3 Å². The number of halogens is 3. The Morgan fingerprint density at radius 3 is 2.58 bits per heavy atom. The summed E-state index contributed by atoms with van der Waals surface area (Å²) in [6, 6.07) is 6.29. The molecule has 1 heterocycles. The van der Waals surface area contributed by atoms with Gasteiger partial charge in [0.25, 0.3) is 5.76 Å². The molecule has 1 fully saturated rings. The van der Waals surface area contributed by atoms with E-state index in [1.165, 1.54) is 0 Å². The minimum atomic E-state index is -2.42. The normalized spacial score (nSPS) is 18.2. The maximum atomic E-state index is 12.1. The summed E-state index contributed by atoms with van der Waals surface area (Å²) in [4.78, 5) is 12.3. The lowest BCUT2D eigenvalue weighted by Crippen LogP contribution is -2.35. The summed E-state index contributed by atoms with van der Waals surface area (Å²) in [5.74, 6) is -2.49. The predicted octanol–water partition coefficient (Wildman–Crippen LogP) is 3.11. The Morgan fingerprint density at radius 1 is 1.37 bits per heavy atom. The van der Waals surface area contributed by atoms with Crippen LogP contribution < -0.4 is 10.6 Å². The zero-order valence-electron chi connectivity index (χ0n) is 10.1. The van der Waals surface area contributed by atoms with Gasteiger partial charge in [-0.3, -0.25) is 4.79 Å². The fraction of sp³-hybridized carbons (Fsp3) is 0.417. The van der Waals surface area contributed by atoms with Gasteiger partial charge in [-0.1, -0.05) is 11.8 Å². The van der Waals surface area contributed by atoms with Gasteiger partial charge in [0.15, 0.2) is 0 Å². The summed E-state index contributed by atoms with van der Waals surface area (Å²) in [6.07, 6.45) is 1.84. The number of benzene rings is 1. The lowest BCUT2D eigenvalue weighted by atomic mass is 10.2. The monoisotopic (exact) mass is 308 g/mol. The molecule has 1 atom stereocenters. The van der Waals surface area contributed by atoms with Crippen LogP contribution in [0.25, 0.3) is 0 Å². The van der Waals surface area contributed by atoms with Crippen molar-refractivity contribution in [2.75, 3.05) is 11.9 Å². The molecule has 1 aromatic rings. The van der Waals surface area contributed by atoms with E-state index in [0.717, 1.165) is 19.4 Å². The van der Waals surface area contributed by atoms with E-state index in [9.17, 15) is 13.6 Å². The highest BCUT2D eigenvalue weighted by Crippen LogP contribution is 2.26. The highest BCUT2D eigenvalue weighted by atomic mass is 35.5. The second kappa shape index (κ2) is 7.67. The third-order valence-corrected chi connectivity index (χ3v) is 3.45. The summed E-state index contributed by atoms with van der Waals surface area (Å²) in [5, 5.41) is 5.86. The molecule has 3 nitrogen and oxygen atoms in total. The van der Waals surface area contributed by atoms with Crippen LogP contribution in [0.2, 0.25) is 0 Å². The Kier molecular flexibility index (Phi) is 6.54. The minimum absolute atomic E-state index is 0. The predicted molar refractivity (Wildman–Crippen MR) is 75.2 cm³/mol. The SMILES string of the molecule is Cl.O=C(Nc1ccc(SC(F)F)cc1)[C@@H]1CCCN1. The Bertz CT molecular complexity index is 411. The van der Waals surface area contributed by atoms with Gasteiger partial charge >= 0.3 is 0 Å². The lowest BCUT2D eigenvalue weighted by Gasteiger charge is -2.11. The number of carbonyl (C=O) groups is 1. The molecule has 1 saturated heterocycles. The van der Waals surface area contributed by atoms with Crippen molar-refractivity contribution in [3.8, 4) is 0 Å². The molecule has 2 N–H and O–H groups in total. The average molecular weight is 309 g/mol. The van der Waals surface area contributed by atoms with Crippen molar-refractivity contribution in [1.82, 2.24) is 5.32 Å². The Hall–Kier alpha value is -0.850. The molecular formula is C12H15ClF2N2OS. The maximum absolute atomic E-state index is 12.1. The van der Waals surface area contributed by atoms with Crippen LogP contribution in [0.5, 0.6) is 0 Å². The first-order chi connectivity index (χ1) is 8.65. The Labute approximate surface area is 120 Å². The molecule has 1 amide bonds. The van der Waals surface area contributed by atoms with Gasteiger partial charge in [0, 0.05) is 10.6 Å². The van der Waals surface area contributed by atoms with E-state index in [0.29, 0.717) is 22.3 Å². The number of rotatable bonds is 4. The van der Waals surface area contributed by atoms with Crippen LogP contribution in [0, 0.1) is 0 Å². The number of anilines is 1. The number of thioether (sulfide) groups is 1. The van der Waals surface area contributed by atoms with Gasteiger partial charge in [0.1, 0.15) is 0 Å². The fourth-order valence-corrected chi connectivity index (χ4v) is 2.36. The molecule has 2 rings (SSSR count). The van der Waals surface area contributed by atoms with E-state index in [-0.39, 0.29) is 24.4 Å². The largest absolute Gasteiger partial charge is 0.325 e. The summed E-state index contributed by atoms with van der Waals surface area (Å²) < 4.78 is 24.2. The van der Waals surface area contributed by atoms with Gasteiger partial charge < -0.3 is 10.6 Å². The van der Waals surface area contributed by atoms with Crippen molar-refractivity contribution in [2.45, 2.75) is 29.5 Å². The van der Waals surface area contributed by atoms with E-state index in [1.54, 1.807) is 24.3 Å². The van der Waals surface area contributed by atoms with Gasteiger partial charge in [-0.05, 0) is 43.7 Å². The number of amides is 1. The average Bonchev–Trinajstić information content (AvgIpc) is 2.84. The van der Waals surface area contributed by atoms with Crippen LogP contribution in [0.15, 0.2) is 29.2 Å². The lowest BCUT2D eigenvalue weighted by molar-refractivity contribution is -0.117. The van der Waals surface area contributed by atoms with Gasteiger partial charge in [-0.15, -0.1) is 12.4 Å². The Morgan fingerprint density at radius 2 is 2.05 bits per heavy atom. The summed E-state index contributed by atoms with van der Waals surface area (Å²) in [5.41, 5.74) is 0.632. The van der Waals surface area contributed by atoms with Crippen molar-refractivity contribution >= 4 is 35.8 Å². The van der Waals surface area contributed by atoms with Gasteiger partial charge in [0.05, 0.1) is 6.04 Å². The first kappa shape index (κ1) is 16.2. The number of alkyl halides is 2. The van der Waals surface area contributed by atoms with Gasteiger partial charge in [0.2, 0.25) is 5.91 Å². The quantitative estimate of drug-likeness (QED) is 0.840. The van der Waals surface area contributed by atoms with E-state index in [2.05, 4.69) is 10.6 Å². The maximum Gasteiger partial charge on any atom is 0.288 e. The van der Waals surface area contributed by atoms with E-state index in [1.807, 2.05) is 0 Å². The van der Waals surface area contributed by atoms with Crippen LogP contribution in [0.4, 0.5) is 14.5 Å². The first-order valence-corrected chi connectivity index (χ1v) is 6.62. The van der Waals surface area contributed by atoms with Crippen molar-refractivity contribution in [2.24, 2.45) is 0 Å². The van der Waals surface area contributed by atoms with Crippen molar-refractivity contribution in [3.63, 3.8) is 0 Å². The van der Waals surface area contributed by atoms with Crippen molar-refractivity contribution in [1.29, 1.82) is 0 Å². The molecule has 0 aromatic heterocycles. The topological polar surface area (TPSA) is 41.1 Å². The Balaban J connectivity index is 0.00000180. The second-order valence-electron chi connectivity index (χ2n) is 4.04. The molecule has 0 radical (unpaired) electrons. The molecule has 1 aromatic carbocycles. The zero-order valence-corrected chi connectivity index (χ0v) is 11.7. The fourth-order valence-electron chi connectivity index (χ4n) is 1.86. The van der Waals surface area contributed by atoms with E-state index < -0.39 is 5.76 Å². The minimum Gasteiger partial charge on any atom is -0.325 e. The van der Waals surface area contributed by atoms with E-state index >= 15 is 0 Å². The molecule has 0 saturated carbocycles. The number of nitrogens with one attached hydrogen (secondary N) is 2. The molecule has 0 bridgehead atoms. The highest BCUT2D eigenvalue weighted by molar-refractivity contribution is 7.99. The molecule has 1 aliphatic heterocycles. The van der Waals surface area contributed by atoms with Crippen LogP contribution in [0.1, 0.15) is 12.8 Å². The first-order valence-electron chi connectivity index (χ1n) is 5.74. The highest BCUT2D eigenvalue weighted by Gasteiger charge is 2.21. The molecule has 106 valence electrons. The summed E-state index contributed by atoms with van der Waals surface area (Å²) in [6.45, 7) is 0.863. The van der Waals surface area contributed by atoms with Crippen LogP contribution >= 0.6 is 24.2 Å². The van der Waals surface area contributed by atoms with Gasteiger partial charge in [-0.25, -0.2) is 0 Å². The molecular weight excluding hydrogens is 294 g/mol. The third-order valence-electron chi connectivity index (χ3n) is 2.72. The molecule has 19 heavy (non-hydrogen) atoms. The zero-order chi connectivity index (χ0) is 13.0. The summed E-state index contributed by atoms with van der Waals surface area (Å²) in [7, 11) is 0. The van der Waals surface area contributed by atoms with Crippen molar-refractivity contribution < 1.29 is 13.6 Å². The third kappa shape index (κ3) is 4.97. The van der Waals surface area contributed by atoms with Gasteiger partial charge in [-0.2, -0.15) is 8.78 Å². The smallest absolute Gasteiger partial charge is 0.288 e. The van der Waals surface area contributed by atoms with Crippen LogP contribution in [0.3, 0.4) is 0 Å². The molecule has 0 spiro atoms. The molecule has 7 heteroatoms. The van der Waals surface area contributed by atoms with Crippen LogP contribution in [-0.2, 0) is 4.79 Å². The molecule has 0 aliphatic carbocycles.